The molecular weight excluding hydrogens is 316 g/mol. The van der Waals surface area contributed by atoms with E-state index in [1.165, 1.54) is 0 Å². The van der Waals surface area contributed by atoms with Gasteiger partial charge in [-0.25, -0.2) is 14.4 Å². The summed E-state index contributed by atoms with van der Waals surface area (Å²) >= 11 is 0. The average molecular weight is 336 g/mol. The van der Waals surface area contributed by atoms with E-state index in [0.717, 1.165) is 11.6 Å². The van der Waals surface area contributed by atoms with Gasteiger partial charge in [-0.05, 0) is 37.6 Å². The molecule has 0 saturated heterocycles. The molecule has 24 heavy (non-hydrogen) atoms. The van der Waals surface area contributed by atoms with Crippen molar-refractivity contribution >= 4 is 29.5 Å². The molecule has 0 saturated carbocycles. The zero-order valence-corrected chi connectivity index (χ0v) is 13.6. The number of nitrogens with one attached hydrogen (secondary N) is 2. The molecule has 0 fully saturated rings. The van der Waals surface area contributed by atoms with E-state index < -0.39 is 18.2 Å². The molecule has 0 atom stereocenters. The zero-order valence-electron chi connectivity index (χ0n) is 13.6. The SMILES string of the molecule is C=CC(=O)OCCOC(=O)Nc1cc(C)cc(NC(=O)OCC)c1. The van der Waals surface area contributed by atoms with E-state index in [1.807, 2.05) is 6.92 Å². The van der Waals surface area contributed by atoms with Crippen LogP contribution in [-0.4, -0.2) is 38.0 Å². The van der Waals surface area contributed by atoms with Crippen molar-refractivity contribution in [2.24, 2.45) is 0 Å². The van der Waals surface area contributed by atoms with Gasteiger partial charge >= 0.3 is 18.2 Å². The van der Waals surface area contributed by atoms with Crippen molar-refractivity contribution in [1.82, 2.24) is 0 Å². The first-order chi connectivity index (χ1) is 11.4. The van der Waals surface area contributed by atoms with Gasteiger partial charge in [0.05, 0.1) is 6.61 Å². The molecule has 130 valence electrons. The summed E-state index contributed by atoms with van der Waals surface area (Å²) in [4.78, 5) is 33.9. The number of anilines is 2. The molecule has 0 aliphatic rings. The Balaban J connectivity index is 2.52. The lowest BCUT2D eigenvalue weighted by molar-refractivity contribution is -0.138. The summed E-state index contributed by atoms with van der Waals surface area (Å²) < 4.78 is 14.3. The van der Waals surface area contributed by atoms with Crippen molar-refractivity contribution in [2.75, 3.05) is 30.5 Å². The molecule has 8 nitrogen and oxygen atoms in total. The van der Waals surface area contributed by atoms with Gasteiger partial charge in [0.2, 0.25) is 0 Å². The Morgan fingerprint density at radius 1 is 1.00 bits per heavy atom. The van der Waals surface area contributed by atoms with Crippen LogP contribution in [0.5, 0.6) is 0 Å². The lowest BCUT2D eigenvalue weighted by Gasteiger charge is -2.11. The Bertz CT molecular complexity index is 615. The number of esters is 1. The summed E-state index contributed by atoms with van der Waals surface area (Å²) in [6, 6.07) is 4.99. The van der Waals surface area contributed by atoms with Crippen molar-refractivity contribution in [3.05, 3.63) is 36.4 Å². The highest BCUT2D eigenvalue weighted by Crippen LogP contribution is 2.19. The molecule has 1 aromatic carbocycles. The molecule has 8 heteroatoms. The van der Waals surface area contributed by atoms with Crippen molar-refractivity contribution in [1.29, 1.82) is 0 Å². The van der Waals surface area contributed by atoms with E-state index in [9.17, 15) is 14.4 Å². The van der Waals surface area contributed by atoms with Crippen molar-refractivity contribution in [3.8, 4) is 0 Å². The fraction of sp³-hybridized carbons (Fsp3) is 0.312. The van der Waals surface area contributed by atoms with E-state index in [2.05, 4.69) is 21.9 Å². The van der Waals surface area contributed by atoms with Gasteiger partial charge in [-0.2, -0.15) is 0 Å². The monoisotopic (exact) mass is 336 g/mol. The second-order valence-electron chi connectivity index (χ2n) is 4.57. The van der Waals surface area contributed by atoms with E-state index in [0.29, 0.717) is 11.4 Å². The van der Waals surface area contributed by atoms with Gasteiger partial charge in [0.15, 0.2) is 0 Å². The molecule has 0 aliphatic heterocycles. The molecule has 1 aromatic rings. The van der Waals surface area contributed by atoms with Crippen LogP contribution in [0.3, 0.4) is 0 Å². The second kappa shape index (κ2) is 9.88. The molecule has 0 radical (unpaired) electrons. The van der Waals surface area contributed by atoms with Crippen molar-refractivity contribution in [3.63, 3.8) is 0 Å². The summed E-state index contributed by atoms with van der Waals surface area (Å²) in [5.41, 5.74) is 1.73. The Hall–Kier alpha value is -3.03. The summed E-state index contributed by atoms with van der Waals surface area (Å²) in [5, 5.41) is 5.06. The minimum atomic E-state index is -0.711. The molecule has 0 heterocycles. The number of aryl methyl sites for hydroxylation is 1. The fourth-order valence-electron chi connectivity index (χ4n) is 1.70. The Morgan fingerprint density at radius 3 is 2.08 bits per heavy atom. The number of hydrogen-bond donors (Lipinski definition) is 2. The average Bonchev–Trinajstić information content (AvgIpc) is 2.50. The van der Waals surface area contributed by atoms with Crippen LogP contribution in [0.1, 0.15) is 12.5 Å². The Kier molecular flexibility index (Phi) is 7.83. The van der Waals surface area contributed by atoms with Crippen LogP contribution >= 0.6 is 0 Å². The molecular formula is C16H20N2O6. The van der Waals surface area contributed by atoms with Gasteiger partial charge in [0.1, 0.15) is 13.2 Å². The van der Waals surface area contributed by atoms with Gasteiger partial charge < -0.3 is 14.2 Å². The maximum Gasteiger partial charge on any atom is 0.411 e. The van der Waals surface area contributed by atoms with E-state index in [4.69, 9.17) is 9.47 Å². The molecule has 2 N–H and O–H groups in total. The smallest absolute Gasteiger partial charge is 0.411 e. The summed E-state index contributed by atoms with van der Waals surface area (Å²) in [5.74, 6) is -0.590. The molecule has 0 aromatic heterocycles. The molecule has 0 bridgehead atoms. The van der Waals surface area contributed by atoms with Gasteiger partial charge in [-0.15, -0.1) is 0 Å². The normalized spacial score (nSPS) is 9.58. The third-order valence-corrected chi connectivity index (χ3v) is 2.57. The van der Waals surface area contributed by atoms with Crippen molar-refractivity contribution < 1.29 is 28.6 Å². The molecule has 0 spiro atoms. The standard InChI is InChI=1S/C16H20N2O6/c1-4-14(19)23-6-7-24-16(21)18-13-9-11(3)8-12(10-13)17-15(20)22-5-2/h4,8-10H,1,5-7H2,2-3H3,(H,17,20)(H,18,21). The molecule has 0 unspecified atom stereocenters. The highest BCUT2D eigenvalue weighted by atomic mass is 16.6. The summed E-state index contributed by atoms with van der Waals surface area (Å²) in [7, 11) is 0. The zero-order chi connectivity index (χ0) is 17.9. The highest BCUT2D eigenvalue weighted by molar-refractivity contribution is 5.89. The maximum atomic E-state index is 11.7. The van der Waals surface area contributed by atoms with Gasteiger partial charge in [-0.1, -0.05) is 6.58 Å². The fourth-order valence-corrected chi connectivity index (χ4v) is 1.70. The first kappa shape index (κ1) is 19.0. The number of carbonyl (C=O) groups excluding carboxylic acids is 3. The van der Waals surface area contributed by atoms with Crippen LogP contribution in [0.4, 0.5) is 21.0 Å². The number of benzene rings is 1. The van der Waals surface area contributed by atoms with Crippen LogP contribution in [0.2, 0.25) is 0 Å². The third kappa shape index (κ3) is 7.30. The van der Waals surface area contributed by atoms with E-state index in [1.54, 1.807) is 25.1 Å². The number of rotatable bonds is 7. The largest absolute Gasteiger partial charge is 0.459 e. The van der Waals surface area contributed by atoms with Gasteiger partial charge in [0.25, 0.3) is 0 Å². The lowest BCUT2D eigenvalue weighted by Crippen LogP contribution is -2.18. The second-order valence-corrected chi connectivity index (χ2v) is 4.57. The predicted octanol–water partition coefficient (Wildman–Crippen LogP) is 2.84. The van der Waals surface area contributed by atoms with E-state index >= 15 is 0 Å². The molecule has 1 rings (SSSR count). The summed E-state index contributed by atoms with van der Waals surface area (Å²) in [6.45, 7) is 6.85. The number of ether oxygens (including phenoxy) is 3. The van der Waals surface area contributed by atoms with Crippen LogP contribution in [0.15, 0.2) is 30.9 Å². The highest BCUT2D eigenvalue weighted by Gasteiger charge is 2.08. The van der Waals surface area contributed by atoms with Crippen molar-refractivity contribution in [2.45, 2.75) is 13.8 Å². The first-order valence-electron chi connectivity index (χ1n) is 7.23. The minimum absolute atomic E-state index is 0.0677. The lowest BCUT2D eigenvalue weighted by atomic mass is 10.2. The van der Waals surface area contributed by atoms with E-state index in [-0.39, 0.29) is 19.8 Å². The quantitative estimate of drug-likeness (QED) is 0.343. The maximum absolute atomic E-state index is 11.7. The van der Waals surface area contributed by atoms with Crippen LogP contribution < -0.4 is 10.6 Å². The third-order valence-electron chi connectivity index (χ3n) is 2.57. The van der Waals surface area contributed by atoms with Gasteiger partial charge in [-0.3, -0.25) is 10.6 Å². The van der Waals surface area contributed by atoms with Gasteiger partial charge in [0, 0.05) is 17.5 Å². The van der Waals surface area contributed by atoms with Crippen LogP contribution in [-0.2, 0) is 19.0 Å². The Morgan fingerprint density at radius 2 is 1.54 bits per heavy atom. The molecule has 0 aliphatic carbocycles. The summed E-state index contributed by atoms with van der Waals surface area (Å²) in [6.07, 6.45) is -0.275. The number of carbonyl (C=O) groups is 3. The van der Waals surface area contributed by atoms with Crippen LogP contribution in [0, 0.1) is 6.92 Å². The van der Waals surface area contributed by atoms with Crippen LogP contribution in [0.25, 0.3) is 0 Å². The topological polar surface area (TPSA) is 103 Å². The Labute approximate surface area is 139 Å². The first-order valence-corrected chi connectivity index (χ1v) is 7.23. The predicted molar refractivity (Wildman–Crippen MR) is 88.0 cm³/mol. The number of amides is 2. The molecule has 2 amide bonds. The minimum Gasteiger partial charge on any atom is -0.459 e. The number of hydrogen-bond acceptors (Lipinski definition) is 6.